The van der Waals surface area contributed by atoms with Crippen LogP contribution in [0.1, 0.15) is 31.7 Å². The number of sulfonamides is 1. The van der Waals surface area contributed by atoms with E-state index >= 15 is 0 Å². The van der Waals surface area contributed by atoms with Gasteiger partial charge < -0.3 is 5.32 Å². The number of hydrogen-bond donors (Lipinski definition) is 1. The van der Waals surface area contributed by atoms with Crippen LogP contribution in [0.4, 0.5) is 0 Å². The molecule has 4 nitrogen and oxygen atoms in total. The minimum Gasteiger partial charge on any atom is -0.313 e. The van der Waals surface area contributed by atoms with Crippen molar-refractivity contribution in [1.82, 2.24) is 9.62 Å². The first kappa shape index (κ1) is 16.2. The van der Waals surface area contributed by atoms with E-state index in [9.17, 15) is 8.42 Å². The molecule has 7 heteroatoms. The Balaban J connectivity index is 2.12. The van der Waals surface area contributed by atoms with Gasteiger partial charge in [0.25, 0.3) is 10.0 Å². The summed E-state index contributed by atoms with van der Waals surface area (Å²) in [6.45, 7) is 6.03. The molecule has 0 bridgehead atoms. The van der Waals surface area contributed by atoms with E-state index in [1.54, 1.807) is 10.4 Å². The highest BCUT2D eigenvalue weighted by Gasteiger charge is 2.31. The molecule has 1 aliphatic rings. The van der Waals surface area contributed by atoms with Crippen LogP contribution in [0.15, 0.2) is 10.3 Å². The number of piperidine rings is 1. The maximum Gasteiger partial charge on any atom is 0.252 e. The monoisotopic (exact) mass is 336 g/mol. The van der Waals surface area contributed by atoms with Gasteiger partial charge in [-0.1, -0.05) is 18.5 Å². The van der Waals surface area contributed by atoms with Gasteiger partial charge in [0.15, 0.2) is 0 Å². The standard InChI is InChI=1S/C13H21ClN2O2S2/c1-3-6-15-11-5-4-7-16(9-11)20(17,18)12-8-10(2)13(14)19-12/h8,11,15H,3-7,9H2,1-2H3. The van der Waals surface area contributed by atoms with E-state index < -0.39 is 10.0 Å². The molecule has 1 unspecified atom stereocenters. The van der Waals surface area contributed by atoms with E-state index in [1.165, 1.54) is 0 Å². The molecule has 1 N–H and O–H groups in total. The van der Waals surface area contributed by atoms with Crippen molar-refractivity contribution in [3.05, 3.63) is 16.0 Å². The Morgan fingerprint density at radius 3 is 2.90 bits per heavy atom. The number of halogens is 1. The number of nitrogens with zero attached hydrogens (tertiary/aromatic N) is 1. The fraction of sp³-hybridized carbons (Fsp3) is 0.692. The van der Waals surface area contributed by atoms with Gasteiger partial charge in [-0.05, 0) is 44.4 Å². The number of nitrogens with one attached hydrogen (secondary N) is 1. The molecule has 114 valence electrons. The zero-order chi connectivity index (χ0) is 14.8. The SMILES string of the molecule is CCCNC1CCCN(S(=O)(=O)c2cc(C)c(Cl)s2)C1. The van der Waals surface area contributed by atoms with Crippen LogP contribution in [0.25, 0.3) is 0 Å². The van der Waals surface area contributed by atoms with E-state index in [1.807, 2.05) is 6.92 Å². The van der Waals surface area contributed by atoms with Gasteiger partial charge in [0, 0.05) is 19.1 Å². The van der Waals surface area contributed by atoms with Gasteiger partial charge in [-0.2, -0.15) is 4.31 Å². The van der Waals surface area contributed by atoms with Crippen LogP contribution in [0.5, 0.6) is 0 Å². The van der Waals surface area contributed by atoms with Crippen LogP contribution in [0, 0.1) is 6.92 Å². The largest absolute Gasteiger partial charge is 0.313 e. The second kappa shape index (κ2) is 6.75. The summed E-state index contributed by atoms with van der Waals surface area (Å²) in [6.07, 6.45) is 3.00. The third-order valence-electron chi connectivity index (χ3n) is 3.50. The third kappa shape index (κ3) is 3.54. The van der Waals surface area contributed by atoms with Crippen molar-refractivity contribution < 1.29 is 8.42 Å². The van der Waals surface area contributed by atoms with E-state index in [0.717, 1.165) is 42.7 Å². The van der Waals surface area contributed by atoms with Gasteiger partial charge in [-0.15, -0.1) is 11.3 Å². The lowest BCUT2D eigenvalue weighted by atomic mass is 10.1. The molecule has 0 radical (unpaired) electrons. The van der Waals surface area contributed by atoms with Crippen molar-refractivity contribution in [2.24, 2.45) is 0 Å². The van der Waals surface area contributed by atoms with Crippen LogP contribution < -0.4 is 5.32 Å². The predicted molar refractivity (Wildman–Crippen MR) is 84.1 cm³/mol. The van der Waals surface area contributed by atoms with Gasteiger partial charge in [0.1, 0.15) is 4.21 Å². The van der Waals surface area contributed by atoms with Crippen molar-refractivity contribution in [3.63, 3.8) is 0 Å². The minimum absolute atomic E-state index is 0.259. The molecule has 1 aromatic rings. The zero-order valence-electron chi connectivity index (χ0n) is 11.9. The molecular weight excluding hydrogens is 316 g/mol. The van der Waals surface area contributed by atoms with Gasteiger partial charge in [-0.25, -0.2) is 8.42 Å². The van der Waals surface area contributed by atoms with E-state index in [0.29, 0.717) is 21.6 Å². The molecule has 1 aliphatic heterocycles. The van der Waals surface area contributed by atoms with Crippen LogP contribution >= 0.6 is 22.9 Å². The normalized spacial score (nSPS) is 21.2. The molecule has 20 heavy (non-hydrogen) atoms. The Labute approximate surface area is 130 Å². The summed E-state index contributed by atoms with van der Waals surface area (Å²) in [6, 6.07) is 1.93. The quantitative estimate of drug-likeness (QED) is 0.899. The van der Waals surface area contributed by atoms with Crippen molar-refractivity contribution in [3.8, 4) is 0 Å². The predicted octanol–water partition coefficient (Wildman–Crippen LogP) is 2.86. The molecule has 0 saturated carbocycles. The smallest absolute Gasteiger partial charge is 0.252 e. The van der Waals surface area contributed by atoms with Gasteiger partial charge >= 0.3 is 0 Å². The minimum atomic E-state index is -3.39. The summed E-state index contributed by atoms with van der Waals surface area (Å²) in [5.74, 6) is 0. The number of hydrogen-bond acceptors (Lipinski definition) is 4. The molecular formula is C13H21ClN2O2S2. The Hall–Kier alpha value is -0.140. The second-order valence-corrected chi connectivity index (χ2v) is 9.00. The molecule has 2 rings (SSSR count). The van der Waals surface area contributed by atoms with Crippen molar-refractivity contribution in [2.45, 2.75) is 43.4 Å². The average Bonchev–Trinajstić information content (AvgIpc) is 2.77. The molecule has 1 saturated heterocycles. The third-order valence-corrected chi connectivity index (χ3v) is 7.37. The summed E-state index contributed by atoms with van der Waals surface area (Å²) in [4.78, 5) is 0. The first-order valence-corrected chi connectivity index (χ1v) is 9.58. The highest BCUT2D eigenvalue weighted by molar-refractivity contribution is 7.91. The number of thiophene rings is 1. The lowest BCUT2D eigenvalue weighted by Crippen LogP contribution is -2.47. The fourth-order valence-corrected chi connectivity index (χ4v) is 5.75. The Kier molecular flexibility index (Phi) is 5.48. The van der Waals surface area contributed by atoms with Crippen LogP contribution in [0.3, 0.4) is 0 Å². The molecule has 2 heterocycles. The Morgan fingerprint density at radius 2 is 2.30 bits per heavy atom. The van der Waals surface area contributed by atoms with Crippen LogP contribution in [-0.2, 0) is 10.0 Å². The summed E-state index contributed by atoms with van der Waals surface area (Å²) in [5, 5.41) is 3.41. The Bertz CT molecular complexity index is 537. The molecule has 0 spiro atoms. The summed E-state index contributed by atoms with van der Waals surface area (Å²) in [7, 11) is -3.39. The molecule has 1 fully saturated rings. The average molecular weight is 337 g/mol. The molecule has 0 aromatic carbocycles. The molecule has 1 atom stereocenters. The van der Waals surface area contributed by atoms with E-state index in [-0.39, 0.29) is 6.04 Å². The zero-order valence-corrected chi connectivity index (χ0v) is 14.2. The maximum atomic E-state index is 12.6. The topological polar surface area (TPSA) is 49.4 Å². The van der Waals surface area contributed by atoms with Crippen molar-refractivity contribution in [1.29, 1.82) is 0 Å². The lowest BCUT2D eigenvalue weighted by molar-refractivity contribution is 0.284. The molecule has 1 aromatic heterocycles. The van der Waals surface area contributed by atoms with Gasteiger partial charge in [0.2, 0.25) is 0 Å². The van der Waals surface area contributed by atoms with Crippen LogP contribution in [0.2, 0.25) is 4.34 Å². The molecule has 0 amide bonds. The summed E-state index contributed by atoms with van der Waals surface area (Å²) in [5.41, 5.74) is 0.827. The van der Waals surface area contributed by atoms with Gasteiger partial charge in [-0.3, -0.25) is 0 Å². The van der Waals surface area contributed by atoms with Crippen molar-refractivity contribution in [2.75, 3.05) is 19.6 Å². The van der Waals surface area contributed by atoms with Gasteiger partial charge in [0.05, 0.1) is 4.34 Å². The second-order valence-electron chi connectivity index (χ2n) is 5.18. The van der Waals surface area contributed by atoms with Crippen LogP contribution in [-0.4, -0.2) is 38.4 Å². The van der Waals surface area contributed by atoms with Crippen molar-refractivity contribution >= 4 is 33.0 Å². The fourth-order valence-electron chi connectivity index (χ4n) is 2.36. The number of rotatable bonds is 5. The first-order valence-electron chi connectivity index (χ1n) is 6.94. The highest BCUT2D eigenvalue weighted by Crippen LogP contribution is 2.32. The lowest BCUT2D eigenvalue weighted by Gasteiger charge is -2.32. The summed E-state index contributed by atoms with van der Waals surface area (Å²) < 4.78 is 27.7. The number of aryl methyl sites for hydroxylation is 1. The first-order chi connectivity index (χ1) is 9.45. The molecule has 0 aliphatic carbocycles. The maximum absolute atomic E-state index is 12.6. The van der Waals surface area contributed by atoms with E-state index in [4.69, 9.17) is 11.6 Å². The highest BCUT2D eigenvalue weighted by atomic mass is 35.5. The Morgan fingerprint density at radius 1 is 1.55 bits per heavy atom. The summed E-state index contributed by atoms with van der Waals surface area (Å²) >= 11 is 7.14. The van der Waals surface area contributed by atoms with E-state index in [2.05, 4.69) is 12.2 Å².